The molecular weight excluding hydrogens is 371 g/mol. The Hall–Kier alpha value is -2.90. The Morgan fingerprint density at radius 1 is 1.11 bits per heavy atom. The predicted octanol–water partition coefficient (Wildman–Crippen LogP) is 3.90. The lowest BCUT2D eigenvalue weighted by Gasteiger charge is -2.37. The highest BCUT2D eigenvalue weighted by Crippen LogP contribution is 2.37. The molecule has 0 N–H and O–H groups in total. The minimum Gasteiger partial charge on any atom is -0.388 e. The Kier molecular flexibility index (Phi) is 4.56. The summed E-state index contributed by atoms with van der Waals surface area (Å²) in [4.78, 5) is 23.9. The molecule has 0 radical (unpaired) electrons. The highest BCUT2D eigenvalue weighted by atomic mass is 19.4. The number of nitrogens with zero attached hydrogens (tertiary/aromatic N) is 3. The molecule has 1 spiro atoms. The maximum Gasteiger partial charge on any atom is 0.416 e. The predicted molar refractivity (Wildman–Crippen MR) is 95.8 cm³/mol. The van der Waals surface area contributed by atoms with Gasteiger partial charge in [0.2, 0.25) is 0 Å². The van der Waals surface area contributed by atoms with Crippen molar-refractivity contribution in [1.29, 1.82) is 0 Å². The zero-order valence-electron chi connectivity index (χ0n) is 14.9. The van der Waals surface area contributed by atoms with Crippen molar-refractivity contribution in [2.75, 3.05) is 13.1 Å². The average molecular weight is 389 g/mol. The first-order valence-corrected chi connectivity index (χ1v) is 8.98. The SMILES string of the molecule is O=C(c1ccncc1)N1CCC2(CC1)CC(c1cccc(C(F)(F)F)c1)=NO2. The molecule has 1 aromatic carbocycles. The summed E-state index contributed by atoms with van der Waals surface area (Å²) in [6, 6.07) is 8.48. The van der Waals surface area contributed by atoms with Crippen LogP contribution in [0.2, 0.25) is 0 Å². The Morgan fingerprint density at radius 2 is 1.82 bits per heavy atom. The van der Waals surface area contributed by atoms with Gasteiger partial charge in [-0.15, -0.1) is 0 Å². The zero-order chi connectivity index (χ0) is 19.8. The van der Waals surface area contributed by atoms with E-state index in [0.717, 1.165) is 12.1 Å². The number of rotatable bonds is 2. The van der Waals surface area contributed by atoms with E-state index < -0.39 is 17.3 Å². The molecule has 2 aromatic rings. The summed E-state index contributed by atoms with van der Waals surface area (Å²) in [7, 11) is 0. The summed E-state index contributed by atoms with van der Waals surface area (Å²) in [5.74, 6) is -0.0609. The molecule has 0 bridgehead atoms. The van der Waals surface area contributed by atoms with Gasteiger partial charge < -0.3 is 9.74 Å². The fourth-order valence-corrected chi connectivity index (χ4v) is 3.61. The van der Waals surface area contributed by atoms with Crippen molar-refractivity contribution >= 4 is 11.6 Å². The van der Waals surface area contributed by atoms with Crippen LogP contribution in [0.3, 0.4) is 0 Å². The minimum absolute atomic E-state index is 0.0609. The van der Waals surface area contributed by atoms with Crippen LogP contribution in [0.5, 0.6) is 0 Å². The van der Waals surface area contributed by atoms with E-state index in [9.17, 15) is 18.0 Å². The second-order valence-electron chi connectivity index (χ2n) is 7.10. The van der Waals surface area contributed by atoms with Crippen LogP contribution in [0, 0.1) is 0 Å². The molecule has 2 aliphatic rings. The highest BCUT2D eigenvalue weighted by Gasteiger charge is 2.43. The summed E-state index contributed by atoms with van der Waals surface area (Å²) < 4.78 is 38.8. The summed E-state index contributed by atoms with van der Waals surface area (Å²) in [6.45, 7) is 1.01. The molecule has 1 amide bonds. The number of hydrogen-bond acceptors (Lipinski definition) is 4. The molecule has 146 valence electrons. The Bertz CT molecular complexity index is 904. The van der Waals surface area contributed by atoms with E-state index in [1.807, 2.05) is 0 Å². The van der Waals surface area contributed by atoms with E-state index in [-0.39, 0.29) is 5.91 Å². The van der Waals surface area contributed by atoms with Gasteiger partial charge in [0, 0.05) is 55.9 Å². The van der Waals surface area contributed by atoms with E-state index in [0.29, 0.717) is 49.2 Å². The van der Waals surface area contributed by atoms with Crippen LogP contribution in [-0.2, 0) is 11.0 Å². The van der Waals surface area contributed by atoms with Gasteiger partial charge in [-0.1, -0.05) is 17.3 Å². The quantitative estimate of drug-likeness (QED) is 0.783. The van der Waals surface area contributed by atoms with Crippen LogP contribution in [0.15, 0.2) is 53.9 Å². The smallest absolute Gasteiger partial charge is 0.388 e. The highest BCUT2D eigenvalue weighted by molar-refractivity contribution is 6.02. The summed E-state index contributed by atoms with van der Waals surface area (Å²) in [5.41, 5.74) is 0.256. The van der Waals surface area contributed by atoms with Crippen molar-refractivity contribution in [3.63, 3.8) is 0 Å². The van der Waals surface area contributed by atoms with Gasteiger partial charge in [0.05, 0.1) is 11.3 Å². The molecular formula is C20H18F3N3O2. The van der Waals surface area contributed by atoms with E-state index in [1.165, 1.54) is 6.07 Å². The van der Waals surface area contributed by atoms with Gasteiger partial charge in [-0.3, -0.25) is 9.78 Å². The summed E-state index contributed by atoms with van der Waals surface area (Å²) in [5, 5.41) is 4.07. The van der Waals surface area contributed by atoms with Crippen molar-refractivity contribution in [3.8, 4) is 0 Å². The van der Waals surface area contributed by atoms with E-state index >= 15 is 0 Å². The molecule has 28 heavy (non-hydrogen) atoms. The number of oxime groups is 1. The van der Waals surface area contributed by atoms with Crippen LogP contribution >= 0.6 is 0 Å². The van der Waals surface area contributed by atoms with Crippen LogP contribution in [0.25, 0.3) is 0 Å². The largest absolute Gasteiger partial charge is 0.416 e. The lowest BCUT2D eigenvalue weighted by molar-refractivity contribution is -0.137. The van der Waals surface area contributed by atoms with Gasteiger partial charge in [-0.2, -0.15) is 13.2 Å². The molecule has 1 aromatic heterocycles. The molecule has 3 heterocycles. The summed E-state index contributed by atoms with van der Waals surface area (Å²) >= 11 is 0. The Labute approximate surface area is 159 Å². The van der Waals surface area contributed by atoms with E-state index in [2.05, 4.69) is 10.1 Å². The first kappa shape index (κ1) is 18.5. The minimum atomic E-state index is -4.40. The van der Waals surface area contributed by atoms with Crippen molar-refractivity contribution in [3.05, 3.63) is 65.5 Å². The van der Waals surface area contributed by atoms with Gasteiger partial charge in [-0.05, 0) is 24.3 Å². The standard InChI is InChI=1S/C20H18F3N3O2/c21-20(22,23)16-3-1-2-15(12-16)17-13-19(28-25-17)6-10-26(11-7-19)18(27)14-4-8-24-9-5-14/h1-5,8-9,12H,6-7,10-11,13H2. The third-order valence-corrected chi connectivity index (χ3v) is 5.25. The molecule has 2 aliphatic heterocycles. The van der Waals surface area contributed by atoms with Gasteiger partial charge >= 0.3 is 6.18 Å². The normalized spacial score (nSPS) is 18.7. The average Bonchev–Trinajstić information content (AvgIpc) is 3.12. The van der Waals surface area contributed by atoms with Gasteiger partial charge in [0.25, 0.3) is 5.91 Å². The number of alkyl halides is 3. The van der Waals surface area contributed by atoms with Crippen molar-refractivity contribution < 1.29 is 22.8 Å². The number of carbonyl (C=O) groups excluding carboxylic acids is 1. The monoisotopic (exact) mass is 389 g/mol. The Morgan fingerprint density at radius 3 is 2.50 bits per heavy atom. The van der Waals surface area contributed by atoms with Crippen LogP contribution in [-0.4, -0.2) is 40.2 Å². The molecule has 0 unspecified atom stereocenters. The van der Waals surface area contributed by atoms with Crippen molar-refractivity contribution in [2.24, 2.45) is 5.16 Å². The van der Waals surface area contributed by atoms with Gasteiger partial charge in [0.15, 0.2) is 0 Å². The number of likely N-dealkylation sites (tertiary alicyclic amines) is 1. The van der Waals surface area contributed by atoms with Crippen LogP contribution in [0.4, 0.5) is 13.2 Å². The van der Waals surface area contributed by atoms with Crippen molar-refractivity contribution in [2.45, 2.75) is 31.0 Å². The summed E-state index contributed by atoms with van der Waals surface area (Å²) in [6.07, 6.45) is 0.353. The molecule has 4 rings (SSSR count). The lowest BCUT2D eigenvalue weighted by atomic mass is 9.85. The van der Waals surface area contributed by atoms with Crippen LogP contribution in [0.1, 0.15) is 40.7 Å². The number of benzene rings is 1. The first-order valence-electron chi connectivity index (χ1n) is 8.98. The number of aromatic nitrogens is 1. The molecule has 1 fully saturated rings. The number of halogens is 3. The number of piperidine rings is 1. The maximum atomic E-state index is 12.9. The zero-order valence-corrected chi connectivity index (χ0v) is 14.9. The van der Waals surface area contributed by atoms with Crippen molar-refractivity contribution in [1.82, 2.24) is 9.88 Å². The number of carbonyl (C=O) groups is 1. The molecule has 8 heteroatoms. The third kappa shape index (κ3) is 3.58. The van der Waals surface area contributed by atoms with Crippen LogP contribution < -0.4 is 0 Å². The first-order chi connectivity index (χ1) is 13.4. The molecule has 5 nitrogen and oxygen atoms in total. The lowest BCUT2D eigenvalue weighted by Crippen LogP contribution is -2.46. The third-order valence-electron chi connectivity index (χ3n) is 5.25. The number of amides is 1. The second kappa shape index (κ2) is 6.92. The van der Waals surface area contributed by atoms with E-state index in [4.69, 9.17) is 4.84 Å². The molecule has 1 saturated heterocycles. The number of hydrogen-bond donors (Lipinski definition) is 0. The number of pyridine rings is 1. The van der Waals surface area contributed by atoms with E-state index in [1.54, 1.807) is 35.5 Å². The fraction of sp³-hybridized carbons (Fsp3) is 0.350. The maximum absolute atomic E-state index is 12.9. The van der Waals surface area contributed by atoms with Gasteiger partial charge in [-0.25, -0.2) is 0 Å². The fourth-order valence-electron chi connectivity index (χ4n) is 3.61. The molecule has 0 saturated carbocycles. The second-order valence-corrected chi connectivity index (χ2v) is 7.10. The topological polar surface area (TPSA) is 54.8 Å². The molecule has 0 aliphatic carbocycles. The molecule has 0 atom stereocenters. The van der Waals surface area contributed by atoms with Gasteiger partial charge in [0.1, 0.15) is 5.60 Å². The Balaban J connectivity index is 1.41.